The van der Waals surface area contributed by atoms with Crippen LogP contribution in [0, 0.1) is 13.8 Å². The number of hydrogen-bond donors (Lipinski definition) is 0. The van der Waals surface area contributed by atoms with E-state index in [1.165, 1.54) is 11.3 Å². The van der Waals surface area contributed by atoms with Crippen molar-refractivity contribution < 1.29 is 12.9 Å². The summed E-state index contributed by atoms with van der Waals surface area (Å²) in [5.41, 5.74) is 2.44. The minimum Gasteiger partial charge on any atom is -0.361 e. The van der Waals surface area contributed by atoms with E-state index in [4.69, 9.17) is 4.52 Å². The van der Waals surface area contributed by atoms with Gasteiger partial charge < -0.3 is 4.52 Å². The van der Waals surface area contributed by atoms with Gasteiger partial charge in [0, 0.05) is 17.6 Å². The fourth-order valence-electron chi connectivity index (χ4n) is 3.44. The van der Waals surface area contributed by atoms with Crippen LogP contribution in [0.1, 0.15) is 36.0 Å². The quantitative estimate of drug-likeness (QED) is 0.675. The maximum Gasteiger partial charge on any atom is 0.253 e. The third-order valence-electron chi connectivity index (χ3n) is 4.66. The van der Waals surface area contributed by atoms with E-state index in [0.717, 1.165) is 34.7 Å². The first-order valence-electron chi connectivity index (χ1n) is 8.44. The largest absolute Gasteiger partial charge is 0.361 e. The lowest BCUT2D eigenvalue weighted by Gasteiger charge is -2.22. The Morgan fingerprint density at radius 1 is 1.23 bits per heavy atom. The van der Waals surface area contributed by atoms with E-state index in [0.29, 0.717) is 16.5 Å². The van der Waals surface area contributed by atoms with Gasteiger partial charge in [0.1, 0.15) is 9.97 Å². The number of aryl methyl sites for hydroxylation is 2. The maximum absolute atomic E-state index is 13.2. The van der Waals surface area contributed by atoms with Crippen molar-refractivity contribution in [3.8, 4) is 10.4 Å². The van der Waals surface area contributed by atoms with E-state index in [9.17, 15) is 8.42 Å². The van der Waals surface area contributed by atoms with Crippen molar-refractivity contribution >= 4 is 21.4 Å². The molecule has 0 N–H and O–H groups in total. The molecule has 26 heavy (non-hydrogen) atoms. The van der Waals surface area contributed by atoms with Crippen LogP contribution in [0.25, 0.3) is 10.4 Å². The molecule has 8 heteroatoms. The molecule has 136 valence electrons. The molecule has 0 spiro atoms. The number of sulfonamides is 1. The third kappa shape index (κ3) is 2.87. The Morgan fingerprint density at radius 3 is 2.77 bits per heavy atom. The lowest BCUT2D eigenvalue weighted by Crippen LogP contribution is -2.30. The van der Waals surface area contributed by atoms with Gasteiger partial charge in [-0.1, -0.05) is 11.2 Å². The first-order valence-corrected chi connectivity index (χ1v) is 10.7. The number of pyridine rings is 1. The number of aromatic nitrogens is 2. The van der Waals surface area contributed by atoms with Gasteiger partial charge in [-0.25, -0.2) is 8.42 Å². The van der Waals surface area contributed by atoms with Gasteiger partial charge in [0.05, 0.1) is 23.0 Å². The Kier molecular flexibility index (Phi) is 4.42. The van der Waals surface area contributed by atoms with Crippen LogP contribution >= 0.6 is 11.3 Å². The van der Waals surface area contributed by atoms with Gasteiger partial charge in [0.2, 0.25) is 0 Å². The SMILES string of the molecule is Cc1noc(C)c1-c1ccc(S(=O)(=O)N2CCCC2c2ccccn2)s1. The van der Waals surface area contributed by atoms with E-state index < -0.39 is 10.0 Å². The fourth-order valence-corrected chi connectivity index (χ4v) is 6.69. The van der Waals surface area contributed by atoms with E-state index in [-0.39, 0.29) is 6.04 Å². The molecule has 4 rings (SSSR count). The second-order valence-electron chi connectivity index (χ2n) is 6.35. The number of nitrogens with zero attached hydrogens (tertiary/aromatic N) is 3. The van der Waals surface area contributed by atoms with Crippen molar-refractivity contribution in [3.63, 3.8) is 0 Å². The average Bonchev–Trinajstić information content (AvgIpc) is 3.36. The van der Waals surface area contributed by atoms with Gasteiger partial charge in [0.15, 0.2) is 0 Å². The molecule has 3 aromatic heterocycles. The monoisotopic (exact) mass is 389 g/mol. The highest BCUT2D eigenvalue weighted by atomic mass is 32.2. The van der Waals surface area contributed by atoms with Crippen molar-refractivity contribution in [2.45, 2.75) is 36.9 Å². The van der Waals surface area contributed by atoms with Crippen molar-refractivity contribution in [1.82, 2.24) is 14.4 Å². The molecular weight excluding hydrogens is 370 g/mol. The van der Waals surface area contributed by atoms with E-state index in [1.54, 1.807) is 16.6 Å². The van der Waals surface area contributed by atoms with E-state index in [1.807, 2.05) is 38.1 Å². The van der Waals surface area contributed by atoms with Gasteiger partial charge in [-0.15, -0.1) is 11.3 Å². The summed E-state index contributed by atoms with van der Waals surface area (Å²) in [6.45, 7) is 4.21. The Hall–Kier alpha value is -2.03. The van der Waals surface area contributed by atoms with Crippen LogP contribution in [-0.4, -0.2) is 29.4 Å². The Balaban J connectivity index is 1.69. The van der Waals surface area contributed by atoms with Crippen LogP contribution in [0.4, 0.5) is 0 Å². The van der Waals surface area contributed by atoms with Gasteiger partial charge in [-0.2, -0.15) is 4.31 Å². The van der Waals surface area contributed by atoms with Crippen molar-refractivity contribution in [3.05, 3.63) is 53.7 Å². The number of thiophene rings is 1. The molecule has 1 fully saturated rings. The van der Waals surface area contributed by atoms with E-state index >= 15 is 0 Å². The molecule has 0 radical (unpaired) electrons. The first kappa shape index (κ1) is 17.4. The molecule has 0 aliphatic carbocycles. The standard InChI is InChI=1S/C18H19N3O3S2/c1-12-18(13(2)24-20-12)16-8-9-17(25-16)26(22,23)21-11-5-7-15(21)14-6-3-4-10-19-14/h3-4,6,8-10,15H,5,7,11H2,1-2H3. The molecule has 3 aromatic rings. The Morgan fingerprint density at radius 2 is 2.08 bits per heavy atom. The minimum atomic E-state index is -3.57. The van der Waals surface area contributed by atoms with Crippen LogP contribution in [0.2, 0.25) is 0 Å². The summed E-state index contributed by atoms with van der Waals surface area (Å²) >= 11 is 1.26. The third-order valence-corrected chi connectivity index (χ3v) is 8.14. The molecule has 0 aromatic carbocycles. The van der Waals surface area contributed by atoms with Crippen LogP contribution < -0.4 is 0 Å². The molecule has 6 nitrogen and oxygen atoms in total. The van der Waals surface area contributed by atoms with Crippen molar-refractivity contribution in [2.24, 2.45) is 0 Å². The number of rotatable bonds is 4. The van der Waals surface area contributed by atoms with Crippen molar-refractivity contribution in [1.29, 1.82) is 0 Å². The zero-order valence-electron chi connectivity index (χ0n) is 14.5. The summed E-state index contributed by atoms with van der Waals surface area (Å²) in [5, 5.41) is 3.96. The smallest absolute Gasteiger partial charge is 0.253 e. The van der Waals surface area contributed by atoms with Crippen molar-refractivity contribution in [2.75, 3.05) is 6.54 Å². The predicted molar refractivity (Wildman–Crippen MR) is 99.4 cm³/mol. The summed E-state index contributed by atoms with van der Waals surface area (Å²) in [4.78, 5) is 5.22. The second kappa shape index (κ2) is 6.61. The molecule has 0 bridgehead atoms. The molecule has 1 atom stereocenters. The average molecular weight is 390 g/mol. The molecule has 1 unspecified atom stereocenters. The van der Waals surface area contributed by atoms with Gasteiger partial charge in [-0.3, -0.25) is 4.98 Å². The highest BCUT2D eigenvalue weighted by Gasteiger charge is 2.37. The summed E-state index contributed by atoms with van der Waals surface area (Å²) < 4.78 is 33.6. The number of hydrogen-bond acceptors (Lipinski definition) is 6. The van der Waals surface area contributed by atoms with Crippen LogP contribution in [0.5, 0.6) is 0 Å². The van der Waals surface area contributed by atoms with Gasteiger partial charge >= 0.3 is 0 Å². The van der Waals surface area contributed by atoms with Crippen LogP contribution in [0.3, 0.4) is 0 Å². The lowest BCUT2D eigenvalue weighted by atomic mass is 10.1. The summed E-state index contributed by atoms with van der Waals surface area (Å²) in [5.74, 6) is 0.695. The summed E-state index contributed by atoms with van der Waals surface area (Å²) in [7, 11) is -3.57. The molecule has 4 heterocycles. The molecular formula is C18H19N3O3S2. The zero-order valence-corrected chi connectivity index (χ0v) is 16.2. The first-order chi connectivity index (χ1) is 12.5. The molecule has 1 aliphatic rings. The molecule has 0 amide bonds. The highest BCUT2D eigenvalue weighted by molar-refractivity contribution is 7.91. The lowest BCUT2D eigenvalue weighted by molar-refractivity contribution is 0.391. The predicted octanol–water partition coefficient (Wildman–Crippen LogP) is 3.94. The van der Waals surface area contributed by atoms with Gasteiger partial charge in [-0.05, 0) is 51.0 Å². The fraction of sp³-hybridized carbons (Fsp3) is 0.333. The normalized spacial score (nSPS) is 18.5. The minimum absolute atomic E-state index is 0.203. The zero-order chi connectivity index (χ0) is 18.3. The van der Waals surface area contributed by atoms with Crippen LogP contribution in [-0.2, 0) is 10.0 Å². The summed E-state index contributed by atoms with van der Waals surface area (Å²) in [6, 6.07) is 8.93. The Labute approximate surface area is 156 Å². The van der Waals surface area contributed by atoms with Gasteiger partial charge in [0.25, 0.3) is 10.0 Å². The molecule has 1 saturated heterocycles. The maximum atomic E-state index is 13.2. The molecule has 0 saturated carbocycles. The highest BCUT2D eigenvalue weighted by Crippen LogP contribution is 2.40. The van der Waals surface area contributed by atoms with E-state index in [2.05, 4.69) is 10.1 Å². The summed E-state index contributed by atoms with van der Waals surface area (Å²) in [6.07, 6.45) is 3.33. The second-order valence-corrected chi connectivity index (χ2v) is 9.55. The Bertz CT molecular complexity index is 1010. The topological polar surface area (TPSA) is 76.3 Å². The van der Waals surface area contributed by atoms with Crippen LogP contribution in [0.15, 0.2) is 45.3 Å². The molecule has 1 aliphatic heterocycles.